The number of hydrogen-bond donors (Lipinski definition) is 2. The highest BCUT2D eigenvalue weighted by molar-refractivity contribution is 6.03. The van der Waals surface area contributed by atoms with Gasteiger partial charge in [0.15, 0.2) is 0 Å². The first-order valence-corrected chi connectivity index (χ1v) is 3.86. The number of rotatable bonds is 0. The van der Waals surface area contributed by atoms with E-state index in [0.717, 1.165) is 11.1 Å². The zero-order valence-electron chi connectivity index (χ0n) is 6.85. The van der Waals surface area contributed by atoms with E-state index in [2.05, 4.69) is 5.32 Å². The lowest BCUT2D eigenvalue weighted by atomic mass is 10.0. The molecule has 0 atom stereocenters. The molecule has 1 aliphatic heterocycles. The van der Waals surface area contributed by atoms with Crippen LogP contribution in [-0.2, 0) is 6.54 Å². The molecule has 3 heteroatoms. The largest absolute Gasteiger partial charge is 0.398 e. The third-order valence-electron chi connectivity index (χ3n) is 2.22. The molecule has 0 aliphatic carbocycles. The Balaban J connectivity index is 2.71. The minimum Gasteiger partial charge on any atom is -0.398 e. The lowest BCUT2D eigenvalue weighted by Gasteiger charge is -2.03. The van der Waals surface area contributed by atoms with Crippen LogP contribution in [0.1, 0.15) is 21.5 Å². The fourth-order valence-electron chi connectivity index (χ4n) is 1.45. The molecule has 0 aromatic heterocycles. The first-order chi connectivity index (χ1) is 5.70. The van der Waals surface area contributed by atoms with Gasteiger partial charge in [-0.1, -0.05) is 12.1 Å². The van der Waals surface area contributed by atoms with Gasteiger partial charge in [-0.2, -0.15) is 0 Å². The van der Waals surface area contributed by atoms with Gasteiger partial charge in [0.1, 0.15) is 0 Å². The van der Waals surface area contributed by atoms with E-state index >= 15 is 0 Å². The third kappa shape index (κ3) is 0.794. The summed E-state index contributed by atoms with van der Waals surface area (Å²) in [5, 5.41) is 2.73. The minimum absolute atomic E-state index is 0.0498. The van der Waals surface area contributed by atoms with E-state index in [1.54, 1.807) is 0 Å². The van der Waals surface area contributed by atoms with Gasteiger partial charge in [0.05, 0.1) is 5.56 Å². The summed E-state index contributed by atoms with van der Waals surface area (Å²) in [7, 11) is 0. The molecule has 0 saturated heterocycles. The highest BCUT2D eigenvalue weighted by Crippen LogP contribution is 2.24. The van der Waals surface area contributed by atoms with Gasteiger partial charge in [-0.15, -0.1) is 0 Å². The molecule has 1 aromatic rings. The van der Waals surface area contributed by atoms with E-state index in [4.69, 9.17) is 5.73 Å². The summed E-state index contributed by atoms with van der Waals surface area (Å²) in [4.78, 5) is 11.2. The minimum atomic E-state index is -0.0498. The highest BCUT2D eigenvalue weighted by Gasteiger charge is 2.21. The standard InChI is InChI=1S/C9H10N2O/c1-5-2-3-6-4-11-9(12)7(6)8(5)10/h2-3H,4,10H2,1H3,(H,11,12). The van der Waals surface area contributed by atoms with Crippen LogP contribution in [0, 0.1) is 6.92 Å². The van der Waals surface area contributed by atoms with Crippen molar-refractivity contribution in [2.75, 3.05) is 5.73 Å². The molecular formula is C9H10N2O. The van der Waals surface area contributed by atoms with Gasteiger partial charge in [0.2, 0.25) is 0 Å². The predicted molar refractivity (Wildman–Crippen MR) is 46.8 cm³/mol. The Kier molecular flexibility index (Phi) is 1.33. The third-order valence-corrected chi connectivity index (χ3v) is 2.22. The average Bonchev–Trinajstić information content (AvgIpc) is 2.41. The van der Waals surface area contributed by atoms with Crippen LogP contribution in [0.5, 0.6) is 0 Å². The molecule has 0 bridgehead atoms. The number of nitrogens with two attached hydrogens (primary N) is 1. The number of hydrogen-bond acceptors (Lipinski definition) is 2. The Morgan fingerprint density at radius 2 is 2.25 bits per heavy atom. The molecule has 0 unspecified atom stereocenters. The maximum Gasteiger partial charge on any atom is 0.254 e. The van der Waals surface area contributed by atoms with Crippen molar-refractivity contribution < 1.29 is 4.79 Å². The van der Waals surface area contributed by atoms with Crippen molar-refractivity contribution in [3.8, 4) is 0 Å². The van der Waals surface area contributed by atoms with Crippen LogP contribution in [0.2, 0.25) is 0 Å². The number of carbonyl (C=O) groups excluding carboxylic acids is 1. The van der Waals surface area contributed by atoms with E-state index in [1.165, 1.54) is 0 Å². The number of anilines is 1. The van der Waals surface area contributed by atoms with E-state index in [9.17, 15) is 4.79 Å². The Labute approximate surface area is 70.6 Å². The van der Waals surface area contributed by atoms with Crippen LogP contribution in [-0.4, -0.2) is 5.91 Å². The fraction of sp³-hybridized carbons (Fsp3) is 0.222. The van der Waals surface area contributed by atoms with E-state index in [1.807, 2.05) is 19.1 Å². The van der Waals surface area contributed by atoms with Crippen LogP contribution < -0.4 is 11.1 Å². The van der Waals surface area contributed by atoms with Gasteiger partial charge in [0.25, 0.3) is 5.91 Å². The summed E-state index contributed by atoms with van der Waals surface area (Å²) in [5.74, 6) is -0.0498. The second-order valence-corrected chi connectivity index (χ2v) is 3.01. The monoisotopic (exact) mass is 162 g/mol. The Hall–Kier alpha value is -1.51. The number of nitrogens with one attached hydrogen (secondary N) is 1. The molecule has 1 aliphatic rings. The molecular weight excluding hydrogens is 152 g/mol. The molecule has 1 aromatic carbocycles. The van der Waals surface area contributed by atoms with Crippen molar-refractivity contribution in [3.05, 3.63) is 28.8 Å². The summed E-state index contributed by atoms with van der Waals surface area (Å²) in [6.07, 6.45) is 0. The van der Waals surface area contributed by atoms with E-state index in [-0.39, 0.29) is 5.91 Å². The van der Waals surface area contributed by atoms with E-state index in [0.29, 0.717) is 17.8 Å². The summed E-state index contributed by atoms with van der Waals surface area (Å²) in [6, 6.07) is 3.88. The Morgan fingerprint density at radius 1 is 1.50 bits per heavy atom. The topological polar surface area (TPSA) is 55.1 Å². The second kappa shape index (κ2) is 2.24. The summed E-state index contributed by atoms with van der Waals surface area (Å²) in [6.45, 7) is 2.51. The average molecular weight is 162 g/mol. The number of aryl methyl sites for hydroxylation is 1. The molecule has 1 heterocycles. The maximum atomic E-state index is 11.2. The zero-order valence-corrected chi connectivity index (χ0v) is 6.85. The van der Waals surface area contributed by atoms with Crippen LogP contribution in [0.25, 0.3) is 0 Å². The second-order valence-electron chi connectivity index (χ2n) is 3.01. The van der Waals surface area contributed by atoms with Crippen LogP contribution in [0.3, 0.4) is 0 Å². The Morgan fingerprint density at radius 3 is 3.00 bits per heavy atom. The molecule has 0 saturated carbocycles. The van der Waals surface area contributed by atoms with Crippen molar-refractivity contribution in [1.82, 2.24) is 5.32 Å². The van der Waals surface area contributed by atoms with Crippen molar-refractivity contribution in [1.29, 1.82) is 0 Å². The zero-order chi connectivity index (χ0) is 8.72. The quantitative estimate of drug-likeness (QED) is 0.555. The molecule has 0 fully saturated rings. The predicted octanol–water partition coefficient (Wildman–Crippen LogP) is 0.821. The van der Waals surface area contributed by atoms with Crippen LogP contribution in [0.15, 0.2) is 12.1 Å². The van der Waals surface area contributed by atoms with Crippen molar-refractivity contribution in [2.45, 2.75) is 13.5 Å². The summed E-state index contributed by atoms with van der Waals surface area (Å²) in [5.41, 5.74) is 9.01. The van der Waals surface area contributed by atoms with Gasteiger partial charge in [-0.25, -0.2) is 0 Å². The van der Waals surface area contributed by atoms with Gasteiger partial charge < -0.3 is 11.1 Å². The van der Waals surface area contributed by atoms with Crippen molar-refractivity contribution in [2.24, 2.45) is 0 Å². The number of amides is 1. The van der Waals surface area contributed by atoms with Crippen LogP contribution >= 0.6 is 0 Å². The van der Waals surface area contributed by atoms with Gasteiger partial charge in [-0.05, 0) is 18.1 Å². The molecule has 1 amide bonds. The first kappa shape index (κ1) is 7.16. The highest BCUT2D eigenvalue weighted by atomic mass is 16.1. The smallest absolute Gasteiger partial charge is 0.254 e. The number of fused-ring (bicyclic) bond motifs is 1. The lowest BCUT2D eigenvalue weighted by Crippen LogP contribution is -2.13. The van der Waals surface area contributed by atoms with Gasteiger partial charge in [-0.3, -0.25) is 4.79 Å². The number of benzene rings is 1. The van der Waals surface area contributed by atoms with Gasteiger partial charge >= 0.3 is 0 Å². The Bertz CT molecular complexity index is 358. The lowest BCUT2D eigenvalue weighted by molar-refractivity contribution is 0.0966. The fourth-order valence-corrected chi connectivity index (χ4v) is 1.45. The normalized spacial score (nSPS) is 14.2. The summed E-state index contributed by atoms with van der Waals surface area (Å²) >= 11 is 0. The van der Waals surface area contributed by atoms with Crippen molar-refractivity contribution in [3.63, 3.8) is 0 Å². The van der Waals surface area contributed by atoms with Crippen molar-refractivity contribution >= 4 is 11.6 Å². The molecule has 3 N–H and O–H groups in total. The molecule has 62 valence electrons. The number of carbonyl (C=O) groups is 1. The first-order valence-electron chi connectivity index (χ1n) is 3.86. The van der Waals surface area contributed by atoms with Gasteiger partial charge in [0, 0.05) is 12.2 Å². The summed E-state index contributed by atoms with van der Waals surface area (Å²) < 4.78 is 0. The van der Waals surface area contributed by atoms with Crippen LogP contribution in [0.4, 0.5) is 5.69 Å². The molecule has 2 rings (SSSR count). The maximum absolute atomic E-state index is 11.2. The molecule has 3 nitrogen and oxygen atoms in total. The number of nitrogen functional groups attached to an aromatic ring is 1. The van der Waals surface area contributed by atoms with E-state index < -0.39 is 0 Å². The molecule has 0 spiro atoms. The molecule has 0 radical (unpaired) electrons. The SMILES string of the molecule is Cc1ccc2c(c1N)C(=O)NC2. The molecule has 12 heavy (non-hydrogen) atoms.